The van der Waals surface area contributed by atoms with E-state index in [4.69, 9.17) is 0 Å². The van der Waals surface area contributed by atoms with Crippen molar-refractivity contribution in [3.05, 3.63) is 30.1 Å². The molecule has 1 aromatic carbocycles. The maximum absolute atomic E-state index is 13.9. The Labute approximate surface area is 171 Å². The molecule has 28 heavy (non-hydrogen) atoms. The van der Waals surface area contributed by atoms with E-state index in [0.29, 0.717) is 18.7 Å². The summed E-state index contributed by atoms with van der Waals surface area (Å²) in [7, 11) is -4.12. The van der Waals surface area contributed by atoms with E-state index in [0.717, 1.165) is 44.5 Å². The number of hydrogen-bond acceptors (Lipinski definition) is 5. The van der Waals surface area contributed by atoms with Gasteiger partial charge in [-0.15, -0.1) is 0 Å². The fourth-order valence-electron chi connectivity index (χ4n) is 3.14. The van der Waals surface area contributed by atoms with Crippen LogP contribution in [0.4, 0.5) is 4.39 Å². The van der Waals surface area contributed by atoms with Gasteiger partial charge in [0.1, 0.15) is 16.8 Å². The van der Waals surface area contributed by atoms with Gasteiger partial charge in [-0.2, -0.15) is 16.5 Å². The maximum Gasteiger partial charge on any atom is 0.244 e. The molecule has 1 fully saturated rings. The third-order valence-electron chi connectivity index (χ3n) is 4.95. The van der Waals surface area contributed by atoms with Crippen LogP contribution < -0.4 is 10.0 Å². The number of carbonyl (C=O) groups is 1. The van der Waals surface area contributed by atoms with Crippen molar-refractivity contribution in [1.82, 2.24) is 14.9 Å². The van der Waals surface area contributed by atoms with Gasteiger partial charge in [-0.25, -0.2) is 12.8 Å². The molecule has 0 aliphatic carbocycles. The van der Waals surface area contributed by atoms with E-state index in [2.05, 4.69) is 21.9 Å². The highest BCUT2D eigenvalue weighted by Gasteiger charge is 2.27. The van der Waals surface area contributed by atoms with E-state index in [9.17, 15) is 17.6 Å². The van der Waals surface area contributed by atoms with Gasteiger partial charge in [0, 0.05) is 13.1 Å². The normalized spacial score (nSPS) is 17.4. The Balaban J connectivity index is 1.94. The number of benzene rings is 1. The number of nitrogens with zero attached hydrogens (tertiary/aromatic N) is 1. The third kappa shape index (κ3) is 7.02. The molecule has 0 radical (unpaired) electrons. The summed E-state index contributed by atoms with van der Waals surface area (Å²) < 4.78 is 41.3. The van der Waals surface area contributed by atoms with Gasteiger partial charge in [0.25, 0.3) is 0 Å². The number of hydrogen-bond donors (Lipinski definition) is 2. The van der Waals surface area contributed by atoms with Crippen molar-refractivity contribution in [2.45, 2.75) is 37.1 Å². The largest absolute Gasteiger partial charge is 0.353 e. The van der Waals surface area contributed by atoms with Crippen LogP contribution in [0.2, 0.25) is 0 Å². The smallest absolute Gasteiger partial charge is 0.244 e. The number of thioether (sulfide) groups is 1. The molecule has 0 spiro atoms. The average molecular weight is 432 g/mol. The standard InChI is InChI=1S/C19H30FN3O3S2/c1-15-7-11-23(12-8-15)13-10-21-19(24)17(9-14-27-2)22-28(25,26)18-6-4-3-5-16(18)20/h3-6,15,17,22H,7-14H2,1-2H3,(H,21,24). The predicted octanol–water partition coefficient (Wildman–Crippen LogP) is 2.07. The monoisotopic (exact) mass is 431 g/mol. The first kappa shape index (κ1) is 23.1. The van der Waals surface area contributed by atoms with Crippen LogP contribution >= 0.6 is 11.8 Å². The van der Waals surface area contributed by atoms with Gasteiger partial charge in [0.2, 0.25) is 15.9 Å². The minimum Gasteiger partial charge on any atom is -0.353 e. The molecule has 1 atom stereocenters. The van der Waals surface area contributed by atoms with Gasteiger partial charge < -0.3 is 10.2 Å². The van der Waals surface area contributed by atoms with Gasteiger partial charge in [0.05, 0.1) is 0 Å². The lowest BCUT2D eigenvalue weighted by Gasteiger charge is -2.30. The fraction of sp³-hybridized carbons (Fsp3) is 0.632. The van der Waals surface area contributed by atoms with Crippen LogP contribution in [0.25, 0.3) is 0 Å². The zero-order valence-electron chi connectivity index (χ0n) is 16.5. The van der Waals surface area contributed by atoms with Crippen molar-refractivity contribution in [2.75, 3.05) is 38.2 Å². The third-order valence-corrected chi connectivity index (χ3v) is 7.10. The number of piperidine rings is 1. The van der Waals surface area contributed by atoms with Gasteiger partial charge in [-0.3, -0.25) is 4.79 Å². The molecular formula is C19H30FN3O3S2. The molecule has 2 N–H and O–H groups in total. The van der Waals surface area contributed by atoms with Crippen LogP contribution in [0.5, 0.6) is 0 Å². The SMILES string of the molecule is CSCCC(NS(=O)(=O)c1ccccc1F)C(=O)NCCN1CCC(C)CC1. The van der Waals surface area contributed by atoms with Gasteiger partial charge >= 0.3 is 0 Å². The zero-order valence-corrected chi connectivity index (χ0v) is 18.1. The molecule has 6 nitrogen and oxygen atoms in total. The second kappa shape index (κ2) is 11.1. The van der Waals surface area contributed by atoms with Crippen LogP contribution in [-0.4, -0.2) is 63.5 Å². The molecule has 0 aromatic heterocycles. The molecule has 0 bridgehead atoms. The van der Waals surface area contributed by atoms with Crippen molar-refractivity contribution < 1.29 is 17.6 Å². The molecule has 158 valence electrons. The first-order valence-electron chi connectivity index (χ1n) is 9.59. The molecule has 1 aliphatic heterocycles. The molecule has 2 rings (SSSR count). The van der Waals surface area contributed by atoms with Crippen LogP contribution in [0, 0.1) is 11.7 Å². The predicted molar refractivity (Wildman–Crippen MR) is 111 cm³/mol. The van der Waals surface area contributed by atoms with Crippen LogP contribution in [0.15, 0.2) is 29.2 Å². The second-order valence-electron chi connectivity index (χ2n) is 7.20. The molecule has 0 saturated carbocycles. The molecule has 9 heteroatoms. The number of likely N-dealkylation sites (tertiary alicyclic amines) is 1. The minimum atomic E-state index is -4.12. The van der Waals surface area contributed by atoms with Gasteiger partial charge in [0.15, 0.2) is 0 Å². The maximum atomic E-state index is 13.9. The van der Waals surface area contributed by atoms with E-state index in [1.165, 1.54) is 30.0 Å². The van der Waals surface area contributed by atoms with Crippen LogP contribution in [-0.2, 0) is 14.8 Å². The Bertz CT molecular complexity index is 738. The molecule has 1 aliphatic rings. The number of carbonyl (C=O) groups excluding carboxylic acids is 1. The van der Waals surface area contributed by atoms with Crippen molar-refractivity contribution in [1.29, 1.82) is 0 Å². The Morgan fingerprint density at radius 2 is 2.00 bits per heavy atom. The Kier molecular flexibility index (Phi) is 9.20. The fourth-order valence-corrected chi connectivity index (χ4v) is 4.92. The Morgan fingerprint density at radius 3 is 2.64 bits per heavy atom. The Morgan fingerprint density at radius 1 is 1.32 bits per heavy atom. The summed E-state index contributed by atoms with van der Waals surface area (Å²) in [5.41, 5.74) is 0. The molecule has 1 amide bonds. The van der Waals surface area contributed by atoms with Gasteiger partial charge in [-0.05, 0) is 62.4 Å². The van der Waals surface area contributed by atoms with Gasteiger partial charge in [-0.1, -0.05) is 19.1 Å². The first-order valence-corrected chi connectivity index (χ1v) is 12.5. The highest BCUT2D eigenvalue weighted by atomic mass is 32.2. The Hall–Kier alpha value is -1.16. The quantitative estimate of drug-likeness (QED) is 0.593. The summed E-state index contributed by atoms with van der Waals surface area (Å²) in [5.74, 6) is 0.147. The summed E-state index contributed by atoms with van der Waals surface area (Å²) in [6, 6.07) is 4.23. The molecule has 1 aromatic rings. The van der Waals surface area contributed by atoms with Crippen molar-refractivity contribution in [3.63, 3.8) is 0 Å². The van der Waals surface area contributed by atoms with E-state index in [-0.39, 0.29) is 5.91 Å². The lowest BCUT2D eigenvalue weighted by molar-refractivity contribution is -0.122. The zero-order chi connectivity index (χ0) is 20.6. The first-order chi connectivity index (χ1) is 13.3. The van der Waals surface area contributed by atoms with Crippen molar-refractivity contribution in [2.24, 2.45) is 5.92 Å². The van der Waals surface area contributed by atoms with E-state index in [1.807, 2.05) is 6.26 Å². The lowest BCUT2D eigenvalue weighted by Crippen LogP contribution is -2.49. The van der Waals surface area contributed by atoms with Crippen LogP contribution in [0.3, 0.4) is 0 Å². The number of sulfonamides is 1. The highest BCUT2D eigenvalue weighted by molar-refractivity contribution is 7.98. The van der Waals surface area contributed by atoms with Crippen molar-refractivity contribution in [3.8, 4) is 0 Å². The van der Waals surface area contributed by atoms with Crippen molar-refractivity contribution >= 4 is 27.7 Å². The summed E-state index contributed by atoms with van der Waals surface area (Å²) >= 11 is 1.52. The number of nitrogens with one attached hydrogen (secondary N) is 2. The molecule has 1 unspecified atom stereocenters. The highest BCUT2D eigenvalue weighted by Crippen LogP contribution is 2.16. The minimum absolute atomic E-state index is 0.335. The number of rotatable bonds is 10. The number of amides is 1. The number of halogens is 1. The van der Waals surface area contributed by atoms with Crippen LogP contribution in [0.1, 0.15) is 26.2 Å². The summed E-state index contributed by atoms with van der Waals surface area (Å²) in [5, 5.41) is 2.83. The van der Waals surface area contributed by atoms with E-state index in [1.54, 1.807) is 0 Å². The molecular weight excluding hydrogens is 401 g/mol. The summed E-state index contributed by atoms with van der Waals surface area (Å²) in [4.78, 5) is 14.4. The lowest BCUT2D eigenvalue weighted by atomic mass is 9.99. The van der Waals surface area contributed by atoms with E-state index < -0.39 is 26.8 Å². The summed E-state index contributed by atoms with van der Waals surface area (Å²) in [6.07, 6.45) is 4.54. The summed E-state index contributed by atoms with van der Waals surface area (Å²) in [6.45, 7) is 5.50. The van der Waals surface area contributed by atoms with E-state index >= 15 is 0 Å². The topological polar surface area (TPSA) is 78.5 Å². The second-order valence-corrected chi connectivity index (χ2v) is 9.87. The molecule has 1 saturated heterocycles. The molecule has 1 heterocycles. The average Bonchev–Trinajstić information content (AvgIpc) is 2.66.